The topological polar surface area (TPSA) is 26.3 Å². The maximum Gasteiger partial charge on any atom is 0.308 e. The van der Waals surface area contributed by atoms with Crippen LogP contribution in [-0.2, 0) is 4.79 Å². The number of benzene rings is 1. The largest absolute Gasteiger partial charge is 0.427 e. The van der Waals surface area contributed by atoms with E-state index in [9.17, 15) is 4.79 Å². The van der Waals surface area contributed by atoms with Crippen LogP contribution in [-0.4, -0.2) is 5.97 Å². The van der Waals surface area contributed by atoms with Crippen LogP contribution < -0.4 is 4.74 Å². The van der Waals surface area contributed by atoms with Crippen molar-refractivity contribution in [1.82, 2.24) is 0 Å². The first-order valence-corrected chi connectivity index (χ1v) is 2.93. The van der Waals surface area contributed by atoms with Crippen molar-refractivity contribution in [2.45, 2.75) is 6.92 Å². The molecule has 2 nitrogen and oxygen atoms in total. The summed E-state index contributed by atoms with van der Waals surface area (Å²) in [5.41, 5.74) is 0. The zero-order valence-electron chi connectivity index (χ0n) is 5.63. The standard InChI is InChI=1S/C8H7O2/c1-7(9)10-8-5-3-2-4-6-8/h3-6H,1H3. The molecule has 1 radical (unpaired) electrons. The van der Waals surface area contributed by atoms with E-state index in [-0.39, 0.29) is 5.97 Å². The van der Waals surface area contributed by atoms with Crippen molar-refractivity contribution in [2.75, 3.05) is 0 Å². The molecule has 0 aliphatic rings. The van der Waals surface area contributed by atoms with E-state index in [4.69, 9.17) is 4.74 Å². The Morgan fingerprint density at radius 1 is 1.50 bits per heavy atom. The zero-order valence-corrected chi connectivity index (χ0v) is 5.63. The van der Waals surface area contributed by atoms with Gasteiger partial charge >= 0.3 is 5.97 Å². The first-order chi connectivity index (χ1) is 4.79. The molecule has 0 amide bonds. The molecule has 0 atom stereocenters. The van der Waals surface area contributed by atoms with Crippen molar-refractivity contribution < 1.29 is 9.53 Å². The van der Waals surface area contributed by atoms with Gasteiger partial charge in [0.15, 0.2) is 0 Å². The van der Waals surface area contributed by atoms with Crippen LogP contribution in [0.25, 0.3) is 0 Å². The van der Waals surface area contributed by atoms with Crippen molar-refractivity contribution in [1.29, 1.82) is 0 Å². The third-order valence-corrected chi connectivity index (χ3v) is 0.949. The molecule has 0 heterocycles. The molecular formula is C8H7O2. The third kappa shape index (κ3) is 1.90. The Hall–Kier alpha value is -1.31. The summed E-state index contributed by atoms with van der Waals surface area (Å²) < 4.78 is 4.76. The van der Waals surface area contributed by atoms with Crippen LogP contribution in [0.15, 0.2) is 24.3 Å². The van der Waals surface area contributed by atoms with E-state index >= 15 is 0 Å². The van der Waals surface area contributed by atoms with Gasteiger partial charge in [-0.15, -0.1) is 0 Å². The maximum absolute atomic E-state index is 10.4. The molecule has 1 aromatic carbocycles. The molecule has 0 aromatic heterocycles. The van der Waals surface area contributed by atoms with Crippen molar-refractivity contribution in [2.24, 2.45) is 0 Å². The molecule has 0 N–H and O–H groups in total. The van der Waals surface area contributed by atoms with E-state index in [0.717, 1.165) is 0 Å². The second-order valence-corrected chi connectivity index (χ2v) is 1.83. The third-order valence-electron chi connectivity index (χ3n) is 0.949. The Labute approximate surface area is 59.4 Å². The Balaban J connectivity index is 2.67. The van der Waals surface area contributed by atoms with Crippen LogP contribution >= 0.6 is 0 Å². The monoisotopic (exact) mass is 135 g/mol. The molecule has 0 aliphatic heterocycles. The molecule has 10 heavy (non-hydrogen) atoms. The lowest BCUT2D eigenvalue weighted by molar-refractivity contribution is -0.131. The minimum atomic E-state index is -0.300. The van der Waals surface area contributed by atoms with Crippen molar-refractivity contribution in [3.05, 3.63) is 30.3 Å². The van der Waals surface area contributed by atoms with Gasteiger partial charge in [0.05, 0.1) is 0 Å². The predicted molar refractivity (Wildman–Crippen MR) is 36.6 cm³/mol. The fourth-order valence-corrected chi connectivity index (χ4v) is 0.606. The van der Waals surface area contributed by atoms with E-state index in [1.165, 1.54) is 6.92 Å². The first-order valence-electron chi connectivity index (χ1n) is 2.93. The lowest BCUT2D eigenvalue weighted by atomic mass is 10.3. The van der Waals surface area contributed by atoms with Crippen molar-refractivity contribution >= 4 is 5.97 Å². The van der Waals surface area contributed by atoms with E-state index in [1.54, 1.807) is 24.3 Å². The minimum absolute atomic E-state index is 0.300. The van der Waals surface area contributed by atoms with E-state index in [2.05, 4.69) is 6.07 Å². The number of carbonyl (C=O) groups excluding carboxylic acids is 1. The van der Waals surface area contributed by atoms with E-state index in [0.29, 0.717) is 5.75 Å². The van der Waals surface area contributed by atoms with Crippen LogP contribution in [0.4, 0.5) is 0 Å². The minimum Gasteiger partial charge on any atom is -0.427 e. The highest BCUT2D eigenvalue weighted by atomic mass is 16.5. The maximum atomic E-state index is 10.4. The molecule has 0 aliphatic carbocycles. The van der Waals surface area contributed by atoms with Gasteiger partial charge in [0, 0.05) is 6.92 Å². The number of hydrogen-bond acceptors (Lipinski definition) is 2. The highest BCUT2D eigenvalue weighted by molar-refractivity contribution is 5.69. The summed E-state index contributed by atoms with van der Waals surface area (Å²) in [6.45, 7) is 1.37. The van der Waals surface area contributed by atoms with Crippen molar-refractivity contribution in [3.63, 3.8) is 0 Å². The Morgan fingerprint density at radius 2 is 2.10 bits per heavy atom. The van der Waals surface area contributed by atoms with Gasteiger partial charge < -0.3 is 4.74 Å². The quantitative estimate of drug-likeness (QED) is 0.430. The second kappa shape index (κ2) is 3.01. The van der Waals surface area contributed by atoms with Gasteiger partial charge in [-0.25, -0.2) is 0 Å². The molecule has 0 saturated heterocycles. The van der Waals surface area contributed by atoms with Crippen LogP contribution in [0.3, 0.4) is 0 Å². The number of ether oxygens (including phenoxy) is 1. The fourth-order valence-electron chi connectivity index (χ4n) is 0.606. The Bertz CT molecular complexity index is 216. The lowest BCUT2D eigenvalue weighted by Gasteiger charge is -1.97. The predicted octanol–water partition coefficient (Wildman–Crippen LogP) is 1.41. The lowest BCUT2D eigenvalue weighted by Crippen LogP contribution is -2.00. The molecule has 1 aromatic rings. The van der Waals surface area contributed by atoms with Crippen LogP contribution in [0.2, 0.25) is 0 Å². The average molecular weight is 135 g/mol. The van der Waals surface area contributed by atoms with Gasteiger partial charge in [-0.3, -0.25) is 4.79 Å². The molecule has 0 spiro atoms. The summed E-state index contributed by atoms with van der Waals surface area (Å²) in [6.07, 6.45) is 0. The highest BCUT2D eigenvalue weighted by Gasteiger charge is 1.93. The number of esters is 1. The van der Waals surface area contributed by atoms with Gasteiger partial charge in [0.1, 0.15) is 5.75 Å². The van der Waals surface area contributed by atoms with E-state index in [1.807, 2.05) is 0 Å². The molecule has 51 valence electrons. The average Bonchev–Trinajstić information content (AvgIpc) is 1.88. The van der Waals surface area contributed by atoms with Gasteiger partial charge in [-0.1, -0.05) is 12.1 Å². The molecule has 0 unspecified atom stereocenters. The summed E-state index contributed by atoms with van der Waals surface area (Å²) >= 11 is 0. The molecular weight excluding hydrogens is 128 g/mol. The van der Waals surface area contributed by atoms with Gasteiger partial charge in [0.25, 0.3) is 0 Å². The summed E-state index contributed by atoms with van der Waals surface area (Å²) in [6, 6.07) is 9.56. The first kappa shape index (κ1) is 6.81. The normalized spacial score (nSPS) is 8.90. The SMILES string of the molecule is CC(=O)Oc1cc[c]cc1. The zero-order chi connectivity index (χ0) is 7.40. The van der Waals surface area contributed by atoms with Gasteiger partial charge in [0.2, 0.25) is 0 Å². The smallest absolute Gasteiger partial charge is 0.308 e. The molecule has 1 rings (SSSR count). The summed E-state index contributed by atoms with van der Waals surface area (Å²) in [7, 11) is 0. The summed E-state index contributed by atoms with van der Waals surface area (Å²) in [4.78, 5) is 10.4. The summed E-state index contributed by atoms with van der Waals surface area (Å²) in [5.74, 6) is 0.262. The molecule has 2 heteroatoms. The van der Waals surface area contributed by atoms with Crippen LogP contribution in [0, 0.1) is 6.07 Å². The number of rotatable bonds is 1. The Kier molecular flexibility index (Phi) is 2.05. The summed E-state index contributed by atoms with van der Waals surface area (Å²) in [5, 5.41) is 0. The molecule has 0 bridgehead atoms. The molecule has 0 fully saturated rings. The van der Waals surface area contributed by atoms with Crippen molar-refractivity contribution in [3.8, 4) is 5.75 Å². The van der Waals surface area contributed by atoms with Crippen LogP contribution in [0.1, 0.15) is 6.92 Å². The van der Waals surface area contributed by atoms with Gasteiger partial charge in [-0.05, 0) is 18.2 Å². The van der Waals surface area contributed by atoms with E-state index < -0.39 is 0 Å². The Morgan fingerprint density at radius 3 is 2.60 bits per heavy atom. The highest BCUT2D eigenvalue weighted by Crippen LogP contribution is 2.07. The fraction of sp³-hybridized carbons (Fsp3) is 0.125. The number of hydrogen-bond donors (Lipinski definition) is 0. The molecule has 0 saturated carbocycles. The van der Waals surface area contributed by atoms with Gasteiger partial charge in [-0.2, -0.15) is 0 Å². The number of carbonyl (C=O) groups is 1. The second-order valence-electron chi connectivity index (χ2n) is 1.83. The van der Waals surface area contributed by atoms with Crippen LogP contribution in [0.5, 0.6) is 5.75 Å².